The van der Waals surface area contributed by atoms with Crippen molar-refractivity contribution in [2.24, 2.45) is 0 Å². The number of sulfone groups is 1. The minimum Gasteiger partial charge on any atom is -0.484 e. The lowest BCUT2D eigenvalue weighted by Gasteiger charge is -2.20. The van der Waals surface area contributed by atoms with Crippen molar-refractivity contribution in [1.82, 2.24) is 0 Å². The van der Waals surface area contributed by atoms with Crippen LogP contribution in [0.25, 0.3) is 5.57 Å². The van der Waals surface area contributed by atoms with Crippen LogP contribution in [0.15, 0.2) is 30.3 Å². The number of halogens is 3. The summed E-state index contributed by atoms with van der Waals surface area (Å²) in [6.07, 6.45) is -0.771. The molecule has 0 radical (unpaired) electrons. The molecule has 2 unspecified atom stereocenters. The smallest absolute Gasteiger partial charge is 0.422 e. The van der Waals surface area contributed by atoms with Crippen molar-refractivity contribution in [2.75, 3.05) is 6.61 Å². The number of fused-ring (bicyclic) bond motifs is 2. The van der Waals surface area contributed by atoms with E-state index in [2.05, 4.69) is 4.74 Å². The lowest BCUT2D eigenvalue weighted by molar-refractivity contribution is -0.153. The lowest BCUT2D eigenvalue weighted by Crippen LogP contribution is -2.26. The summed E-state index contributed by atoms with van der Waals surface area (Å²) in [5, 5.41) is -0.735. The number of rotatable bonds is 3. The van der Waals surface area contributed by atoms with Gasteiger partial charge < -0.3 is 4.74 Å². The Morgan fingerprint density at radius 3 is 2.41 bits per heavy atom. The Kier molecular flexibility index (Phi) is 3.71. The molecule has 0 amide bonds. The molecule has 7 heteroatoms. The van der Waals surface area contributed by atoms with Gasteiger partial charge in [0.1, 0.15) is 5.75 Å². The summed E-state index contributed by atoms with van der Waals surface area (Å²) >= 11 is 0. The molecule has 2 heterocycles. The van der Waals surface area contributed by atoms with Gasteiger partial charge in [-0.1, -0.05) is 18.2 Å². The minimum atomic E-state index is -4.36. The Hall–Kier alpha value is -1.50. The second-order valence-electron chi connectivity index (χ2n) is 5.65. The van der Waals surface area contributed by atoms with Crippen LogP contribution in [0, 0.1) is 0 Å². The van der Waals surface area contributed by atoms with Gasteiger partial charge in [0.05, 0.1) is 10.5 Å². The molecule has 2 bridgehead atoms. The first kappa shape index (κ1) is 15.4. The number of alkyl halides is 3. The zero-order valence-corrected chi connectivity index (χ0v) is 12.5. The summed E-state index contributed by atoms with van der Waals surface area (Å²) in [5.74, 6) is 0.146. The van der Waals surface area contributed by atoms with Crippen molar-refractivity contribution in [1.29, 1.82) is 0 Å². The molecular weight excluding hydrogens is 317 g/mol. The molecule has 0 aliphatic carbocycles. The number of benzene rings is 1. The van der Waals surface area contributed by atoms with E-state index in [1.807, 2.05) is 0 Å². The first-order valence-corrected chi connectivity index (χ1v) is 8.60. The fourth-order valence-electron chi connectivity index (χ4n) is 3.00. The van der Waals surface area contributed by atoms with Gasteiger partial charge in [0, 0.05) is 0 Å². The highest BCUT2D eigenvalue weighted by atomic mass is 32.2. The average Bonchev–Trinajstić information content (AvgIpc) is 2.65. The van der Waals surface area contributed by atoms with Gasteiger partial charge in [-0.05, 0) is 42.5 Å². The molecule has 0 N–H and O–H groups in total. The SMILES string of the molecule is O=S1(=O)C2C=C(c3ccc(OCC(F)(F)F)cc3)CC1CC2. The Morgan fingerprint density at radius 2 is 1.82 bits per heavy atom. The Bertz CT molecular complexity index is 690. The van der Waals surface area contributed by atoms with Gasteiger partial charge in [0.25, 0.3) is 0 Å². The summed E-state index contributed by atoms with van der Waals surface area (Å²) < 4.78 is 64.9. The van der Waals surface area contributed by atoms with Crippen LogP contribution in [0.5, 0.6) is 5.75 Å². The van der Waals surface area contributed by atoms with Gasteiger partial charge in [-0.2, -0.15) is 13.2 Å². The number of ether oxygens (including phenoxy) is 1. The number of hydrogen-bond acceptors (Lipinski definition) is 3. The van der Waals surface area contributed by atoms with Crippen molar-refractivity contribution < 1.29 is 26.3 Å². The molecule has 0 spiro atoms. The minimum absolute atomic E-state index is 0.146. The fourth-order valence-corrected chi connectivity index (χ4v) is 5.19. The van der Waals surface area contributed by atoms with E-state index in [9.17, 15) is 21.6 Å². The van der Waals surface area contributed by atoms with E-state index in [1.54, 1.807) is 18.2 Å². The van der Waals surface area contributed by atoms with Gasteiger partial charge in [0.2, 0.25) is 0 Å². The van der Waals surface area contributed by atoms with E-state index < -0.39 is 27.9 Å². The Labute approximate surface area is 126 Å². The van der Waals surface area contributed by atoms with E-state index in [4.69, 9.17) is 0 Å². The monoisotopic (exact) mass is 332 g/mol. The molecule has 120 valence electrons. The van der Waals surface area contributed by atoms with Crippen molar-refractivity contribution in [3.63, 3.8) is 0 Å². The van der Waals surface area contributed by atoms with Crippen molar-refractivity contribution in [3.8, 4) is 5.75 Å². The zero-order valence-electron chi connectivity index (χ0n) is 11.6. The van der Waals surface area contributed by atoms with Crippen LogP contribution >= 0.6 is 0 Å². The molecular formula is C15H15F3O3S. The molecule has 0 aromatic heterocycles. The van der Waals surface area contributed by atoms with E-state index >= 15 is 0 Å². The molecule has 1 aromatic rings. The highest BCUT2D eigenvalue weighted by Crippen LogP contribution is 2.40. The van der Waals surface area contributed by atoms with Gasteiger partial charge in [0.15, 0.2) is 16.4 Å². The molecule has 2 atom stereocenters. The van der Waals surface area contributed by atoms with E-state index in [1.165, 1.54) is 12.1 Å². The third-order valence-electron chi connectivity index (χ3n) is 4.12. The summed E-state index contributed by atoms with van der Waals surface area (Å²) in [7, 11) is -3.03. The molecule has 22 heavy (non-hydrogen) atoms. The van der Waals surface area contributed by atoms with Crippen molar-refractivity contribution >= 4 is 15.4 Å². The van der Waals surface area contributed by atoms with E-state index in [0.29, 0.717) is 19.3 Å². The van der Waals surface area contributed by atoms with Gasteiger partial charge in [-0.3, -0.25) is 0 Å². The van der Waals surface area contributed by atoms with Crippen LogP contribution < -0.4 is 4.74 Å². The Morgan fingerprint density at radius 1 is 1.14 bits per heavy atom. The van der Waals surface area contributed by atoms with Crippen LogP contribution in [0.2, 0.25) is 0 Å². The maximum atomic E-state index is 12.1. The predicted molar refractivity (Wildman–Crippen MR) is 76.3 cm³/mol. The van der Waals surface area contributed by atoms with Crippen LogP contribution in [0.1, 0.15) is 24.8 Å². The molecule has 3 nitrogen and oxygen atoms in total. The fraction of sp³-hybridized carbons (Fsp3) is 0.467. The molecule has 2 aliphatic heterocycles. The van der Waals surface area contributed by atoms with Crippen LogP contribution in [0.4, 0.5) is 13.2 Å². The maximum absolute atomic E-state index is 12.1. The molecule has 2 aliphatic rings. The number of allylic oxidation sites excluding steroid dienone is 1. The summed E-state index contributed by atoms with van der Waals surface area (Å²) in [5.41, 5.74) is 1.79. The second kappa shape index (κ2) is 5.30. The molecule has 0 saturated carbocycles. The van der Waals surface area contributed by atoms with Crippen molar-refractivity contribution in [3.05, 3.63) is 35.9 Å². The maximum Gasteiger partial charge on any atom is 0.422 e. The average molecular weight is 332 g/mol. The molecule has 1 fully saturated rings. The summed E-state index contributed by atoms with van der Waals surface area (Å²) in [6.45, 7) is -1.32. The topological polar surface area (TPSA) is 43.4 Å². The summed E-state index contributed by atoms with van der Waals surface area (Å²) in [4.78, 5) is 0. The third-order valence-corrected chi connectivity index (χ3v) is 6.67. The molecule has 1 aromatic carbocycles. The van der Waals surface area contributed by atoms with Crippen LogP contribution in [-0.4, -0.2) is 31.7 Å². The predicted octanol–water partition coefficient (Wildman–Crippen LogP) is 3.36. The highest BCUT2D eigenvalue weighted by Gasteiger charge is 2.43. The highest BCUT2D eigenvalue weighted by molar-refractivity contribution is 7.93. The van der Waals surface area contributed by atoms with Gasteiger partial charge >= 0.3 is 6.18 Å². The van der Waals surface area contributed by atoms with E-state index in [-0.39, 0.29) is 11.0 Å². The molecule has 1 saturated heterocycles. The van der Waals surface area contributed by atoms with Crippen molar-refractivity contribution in [2.45, 2.75) is 35.9 Å². The van der Waals surface area contributed by atoms with Gasteiger partial charge in [-0.15, -0.1) is 0 Å². The zero-order chi connectivity index (χ0) is 16.0. The first-order chi connectivity index (χ1) is 10.3. The largest absolute Gasteiger partial charge is 0.484 e. The standard InChI is InChI=1S/C15H15F3O3S/c16-15(17,18)9-21-12-3-1-10(2-4-12)11-7-13-5-6-14(8-11)22(13,19)20/h1-4,7,13-14H,5-6,8-9H2. The van der Waals surface area contributed by atoms with Crippen LogP contribution in [0.3, 0.4) is 0 Å². The second-order valence-corrected chi connectivity index (χ2v) is 8.10. The summed E-state index contributed by atoms with van der Waals surface area (Å²) in [6, 6.07) is 6.31. The quantitative estimate of drug-likeness (QED) is 0.852. The van der Waals surface area contributed by atoms with E-state index in [0.717, 1.165) is 11.1 Å². The number of hydrogen-bond donors (Lipinski definition) is 0. The third kappa shape index (κ3) is 2.99. The Balaban J connectivity index is 1.74. The molecule has 3 rings (SSSR count). The van der Waals surface area contributed by atoms with Gasteiger partial charge in [-0.25, -0.2) is 8.42 Å². The normalized spacial score (nSPS) is 26.6. The first-order valence-electron chi connectivity index (χ1n) is 6.99. The lowest BCUT2D eigenvalue weighted by atomic mass is 10.0. The van der Waals surface area contributed by atoms with Crippen LogP contribution in [-0.2, 0) is 9.84 Å².